The highest BCUT2D eigenvalue weighted by Crippen LogP contribution is 2.32. The van der Waals surface area contributed by atoms with Crippen molar-refractivity contribution in [1.82, 2.24) is 5.32 Å². The molecule has 0 amide bonds. The second kappa shape index (κ2) is 7.17. The van der Waals surface area contributed by atoms with Crippen LogP contribution in [0.15, 0.2) is 24.3 Å². The minimum atomic E-state index is 0.209. The first-order valence-corrected chi connectivity index (χ1v) is 8.16. The van der Waals surface area contributed by atoms with Gasteiger partial charge in [-0.2, -0.15) is 11.8 Å². The van der Waals surface area contributed by atoms with E-state index in [1.165, 1.54) is 5.56 Å². The molecule has 0 radical (unpaired) electrons. The molecule has 2 N–H and O–H groups in total. The van der Waals surface area contributed by atoms with Crippen LogP contribution < -0.4 is 10.1 Å². The molecule has 3 atom stereocenters. The maximum Gasteiger partial charge on any atom is 0.124 e. The molecule has 106 valence electrons. The van der Waals surface area contributed by atoms with Gasteiger partial charge < -0.3 is 15.2 Å². The second-order valence-electron chi connectivity index (χ2n) is 4.99. The number of hydrogen-bond acceptors (Lipinski definition) is 4. The van der Waals surface area contributed by atoms with Crippen LogP contribution in [0.1, 0.15) is 31.4 Å². The number of benzene rings is 1. The van der Waals surface area contributed by atoms with Crippen LogP contribution in [0.4, 0.5) is 0 Å². The highest BCUT2D eigenvalue weighted by molar-refractivity contribution is 7.99. The molecule has 1 heterocycles. The fourth-order valence-electron chi connectivity index (χ4n) is 2.56. The van der Waals surface area contributed by atoms with Crippen molar-refractivity contribution in [1.29, 1.82) is 0 Å². The fraction of sp³-hybridized carbons (Fsp3) is 0.600. The average molecular weight is 281 g/mol. The molecule has 0 fully saturated rings. The van der Waals surface area contributed by atoms with E-state index in [0.717, 1.165) is 25.2 Å². The first-order chi connectivity index (χ1) is 9.26. The number of thioether (sulfide) groups is 1. The first-order valence-electron chi connectivity index (χ1n) is 6.87. The van der Waals surface area contributed by atoms with E-state index in [-0.39, 0.29) is 17.9 Å². The van der Waals surface area contributed by atoms with E-state index in [1.807, 2.05) is 18.4 Å². The summed E-state index contributed by atoms with van der Waals surface area (Å²) in [7, 11) is 0. The molecule has 1 aliphatic rings. The van der Waals surface area contributed by atoms with E-state index in [1.54, 1.807) is 11.8 Å². The Kier molecular flexibility index (Phi) is 5.55. The van der Waals surface area contributed by atoms with E-state index in [2.05, 4.69) is 24.4 Å². The van der Waals surface area contributed by atoms with Crippen molar-refractivity contribution >= 4 is 11.8 Å². The summed E-state index contributed by atoms with van der Waals surface area (Å²) in [6.07, 6.45) is 4.18. The molecule has 0 bridgehead atoms. The highest BCUT2D eigenvalue weighted by Gasteiger charge is 2.23. The third kappa shape index (κ3) is 3.65. The van der Waals surface area contributed by atoms with Crippen LogP contribution >= 0.6 is 11.8 Å². The van der Waals surface area contributed by atoms with Crippen LogP contribution in [-0.4, -0.2) is 35.9 Å². The van der Waals surface area contributed by atoms with Gasteiger partial charge in [-0.3, -0.25) is 0 Å². The smallest absolute Gasteiger partial charge is 0.124 e. The van der Waals surface area contributed by atoms with Crippen LogP contribution in [-0.2, 0) is 0 Å². The van der Waals surface area contributed by atoms with Gasteiger partial charge in [0.2, 0.25) is 0 Å². The summed E-state index contributed by atoms with van der Waals surface area (Å²) < 4.78 is 5.78. The quantitative estimate of drug-likeness (QED) is 0.870. The number of fused-ring (bicyclic) bond motifs is 1. The van der Waals surface area contributed by atoms with Crippen LogP contribution in [0.25, 0.3) is 0 Å². The maximum absolute atomic E-state index is 9.39. The third-order valence-electron chi connectivity index (χ3n) is 3.69. The molecule has 1 aromatic carbocycles. The lowest BCUT2D eigenvalue weighted by Crippen LogP contribution is -2.39. The number of hydrogen-bond donors (Lipinski definition) is 2. The lowest BCUT2D eigenvalue weighted by molar-refractivity contribution is 0.268. The van der Waals surface area contributed by atoms with Gasteiger partial charge in [0.25, 0.3) is 0 Å². The number of nitrogens with one attached hydrogen (secondary N) is 1. The molecule has 1 aromatic rings. The zero-order chi connectivity index (χ0) is 13.7. The van der Waals surface area contributed by atoms with E-state index >= 15 is 0 Å². The van der Waals surface area contributed by atoms with E-state index in [0.29, 0.717) is 6.04 Å². The zero-order valence-corrected chi connectivity index (χ0v) is 12.5. The van der Waals surface area contributed by atoms with Crippen molar-refractivity contribution in [2.45, 2.75) is 37.1 Å². The van der Waals surface area contributed by atoms with Gasteiger partial charge in [-0.25, -0.2) is 0 Å². The van der Waals surface area contributed by atoms with Crippen molar-refractivity contribution in [2.75, 3.05) is 19.5 Å². The molecule has 0 saturated heterocycles. The topological polar surface area (TPSA) is 41.5 Å². The Morgan fingerprint density at radius 1 is 1.47 bits per heavy atom. The monoisotopic (exact) mass is 281 g/mol. The van der Waals surface area contributed by atoms with Crippen LogP contribution in [0.5, 0.6) is 5.75 Å². The molecular weight excluding hydrogens is 258 g/mol. The largest absolute Gasteiger partial charge is 0.493 e. The van der Waals surface area contributed by atoms with Crippen molar-refractivity contribution in [3.05, 3.63) is 29.8 Å². The van der Waals surface area contributed by atoms with Gasteiger partial charge in [0.15, 0.2) is 0 Å². The molecule has 3 nitrogen and oxygen atoms in total. The van der Waals surface area contributed by atoms with Gasteiger partial charge in [-0.1, -0.05) is 18.2 Å². The lowest BCUT2D eigenvalue weighted by atomic mass is 10.0. The molecule has 19 heavy (non-hydrogen) atoms. The SMILES string of the molecule is CSC(CO)C(C)NC1CCCOc2ccccc21. The molecule has 3 unspecified atom stereocenters. The Morgan fingerprint density at radius 3 is 3.00 bits per heavy atom. The summed E-state index contributed by atoms with van der Waals surface area (Å²) in [4.78, 5) is 0. The van der Waals surface area contributed by atoms with Crippen molar-refractivity contribution in [3.8, 4) is 5.75 Å². The van der Waals surface area contributed by atoms with E-state index < -0.39 is 0 Å². The summed E-state index contributed by atoms with van der Waals surface area (Å²) in [6, 6.07) is 8.84. The van der Waals surface area contributed by atoms with Gasteiger partial charge in [-0.15, -0.1) is 0 Å². The number of para-hydroxylation sites is 1. The van der Waals surface area contributed by atoms with Crippen LogP contribution in [0, 0.1) is 0 Å². The predicted molar refractivity (Wildman–Crippen MR) is 80.9 cm³/mol. The summed E-state index contributed by atoms with van der Waals surface area (Å²) in [5.74, 6) is 0.995. The Hall–Kier alpha value is -0.710. The maximum atomic E-state index is 9.39. The van der Waals surface area contributed by atoms with Gasteiger partial charge in [0.05, 0.1) is 13.2 Å². The molecule has 4 heteroatoms. The normalized spacial score (nSPS) is 21.9. The Balaban J connectivity index is 2.11. The van der Waals surface area contributed by atoms with E-state index in [9.17, 15) is 5.11 Å². The number of rotatable bonds is 5. The van der Waals surface area contributed by atoms with Gasteiger partial charge in [-0.05, 0) is 32.1 Å². The molecule has 0 saturated carbocycles. The molecule has 0 spiro atoms. The third-order valence-corrected chi connectivity index (χ3v) is 4.86. The van der Waals surface area contributed by atoms with Crippen molar-refractivity contribution < 1.29 is 9.84 Å². The predicted octanol–water partition coefficient (Wildman–Crippen LogP) is 2.60. The molecule has 0 aliphatic carbocycles. The van der Waals surface area contributed by atoms with Crippen molar-refractivity contribution in [2.24, 2.45) is 0 Å². The van der Waals surface area contributed by atoms with Crippen molar-refractivity contribution in [3.63, 3.8) is 0 Å². The number of ether oxygens (including phenoxy) is 1. The minimum absolute atomic E-state index is 0.209. The van der Waals surface area contributed by atoms with Crippen LogP contribution in [0.2, 0.25) is 0 Å². The minimum Gasteiger partial charge on any atom is -0.493 e. The molecule has 0 aromatic heterocycles. The molecule has 2 rings (SSSR count). The molecular formula is C15H23NO2S. The van der Waals surface area contributed by atoms with Gasteiger partial charge in [0.1, 0.15) is 5.75 Å². The second-order valence-corrected chi connectivity index (χ2v) is 6.07. The summed E-state index contributed by atoms with van der Waals surface area (Å²) in [5, 5.41) is 13.3. The Morgan fingerprint density at radius 2 is 2.26 bits per heavy atom. The first kappa shape index (κ1) is 14.7. The summed E-state index contributed by atoms with van der Waals surface area (Å²) in [6.45, 7) is 3.14. The van der Waals surface area contributed by atoms with Gasteiger partial charge in [0, 0.05) is 22.9 Å². The van der Waals surface area contributed by atoms with Crippen LogP contribution in [0.3, 0.4) is 0 Å². The molecule has 1 aliphatic heterocycles. The van der Waals surface area contributed by atoms with Gasteiger partial charge >= 0.3 is 0 Å². The number of aliphatic hydroxyl groups is 1. The summed E-state index contributed by atoms with van der Waals surface area (Å²) >= 11 is 1.71. The Labute approximate surface area is 119 Å². The summed E-state index contributed by atoms with van der Waals surface area (Å²) in [5.41, 5.74) is 1.24. The zero-order valence-electron chi connectivity index (χ0n) is 11.6. The standard InChI is InChI=1S/C15H23NO2S/c1-11(15(10-17)19-2)16-13-7-5-9-18-14-8-4-3-6-12(13)14/h3-4,6,8,11,13,15-17H,5,7,9-10H2,1-2H3. The fourth-order valence-corrected chi connectivity index (χ4v) is 3.20. The van der Waals surface area contributed by atoms with E-state index in [4.69, 9.17) is 4.74 Å². The lowest BCUT2D eigenvalue weighted by Gasteiger charge is -2.27. The number of aliphatic hydroxyl groups excluding tert-OH is 1. The average Bonchev–Trinajstić information content (AvgIpc) is 2.63. The Bertz CT molecular complexity index is 395. The highest BCUT2D eigenvalue weighted by atomic mass is 32.2.